The molecule has 0 saturated carbocycles. The molecule has 1 aromatic heterocycles. The van der Waals surface area contributed by atoms with Crippen LogP contribution < -0.4 is 11.2 Å². The van der Waals surface area contributed by atoms with E-state index >= 15 is 0 Å². The van der Waals surface area contributed by atoms with Crippen LogP contribution in [0, 0.1) is 0 Å². The number of nitrogens with one attached hydrogen (secondary N) is 1. The van der Waals surface area contributed by atoms with E-state index in [4.69, 9.17) is 10.8 Å². The number of aliphatic hydroxyl groups excluding tert-OH is 1. The molecule has 2 rings (SSSR count). The lowest BCUT2D eigenvalue weighted by Crippen LogP contribution is -2.38. The van der Waals surface area contributed by atoms with Gasteiger partial charge in [0.15, 0.2) is 6.23 Å². The molecule has 0 spiro atoms. The van der Waals surface area contributed by atoms with E-state index in [-0.39, 0.29) is 6.90 Å². The maximum Gasteiger partial charge on any atom is 0.330 e. The Morgan fingerprint density at radius 3 is 3.00 bits per heavy atom. The van der Waals surface area contributed by atoms with Gasteiger partial charge in [-0.2, -0.15) is 0 Å². The third-order valence-corrected chi connectivity index (χ3v) is 2.71. The van der Waals surface area contributed by atoms with Crippen molar-refractivity contribution >= 4 is 0 Å². The highest BCUT2D eigenvalue weighted by Gasteiger charge is 2.43. The zero-order valence-electron chi connectivity index (χ0n) is 10.2. The summed E-state index contributed by atoms with van der Waals surface area (Å²) >= 11 is 0. The minimum absolute atomic E-state index is 0.143. The van der Waals surface area contributed by atoms with E-state index < -0.39 is 35.8 Å². The molecule has 0 bridgehead atoms. The Morgan fingerprint density at radius 1 is 1.65 bits per heavy atom. The second kappa shape index (κ2) is 4.44. The summed E-state index contributed by atoms with van der Waals surface area (Å²) in [6.45, 7) is -0.143. The van der Waals surface area contributed by atoms with E-state index in [0.29, 0.717) is 0 Å². The Morgan fingerprint density at radius 2 is 2.41 bits per heavy atom. The largest absolute Gasteiger partial charge is 0.388 e. The van der Waals surface area contributed by atoms with Gasteiger partial charge < -0.3 is 14.6 Å². The van der Waals surface area contributed by atoms with Crippen molar-refractivity contribution in [2.75, 3.05) is 7.11 Å². The number of aromatic amines is 1. The van der Waals surface area contributed by atoms with Gasteiger partial charge in [-0.05, 0) is 6.90 Å². The molecule has 4 atom stereocenters. The summed E-state index contributed by atoms with van der Waals surface area (Å²) < 4.78 is 18.9. The molecule has 1 aliphatic heterocycles. The minimum atomic E-state index is -0.990. The molecular formula is C10H14N2O5. The van der Waals surface area contributed by atoms with Crippen LogP contribution in [0.25, 0.3) is 0 Å². The summed E-state index contributed by atoms with van der Waals surface area (Å²) in [7, 11) is 1.38. The third-order valence-electron chi connectivity index (χ3n) is 2.71. The van der Waals surface area contributed by atoms with E-state index in [9.17, 15) is 14.7 Å². The fraction of sp³-hybridized carbons (Fsp3) is 0.600. The van der Waals surface area contributed by atoms with Crippen LogP contribution in [0.4, 0.5) is 0 Å². The van der Waals surface area contributed by atoms with Crippen molar-refractivity contribution in [3.05, 3.63) is 33.1 Å². The minimum Gasteiger partial charge on any atom is -0.388 e. The van der Waals surface area contributed by atoms with Crippen molar-refractivity contribution in [1.82, 2.24) is 9.55 Å². The first-order valence-corrected chi connectivity index (χ1v) is 5.05. The molecule has 1 aliphatic rings. The Balaban J connectivity index is 2.38. The normalized spacial score (nSPS) is 33.6. The molecule has 2 heterocycles. The first-order valence-electron chi connectivity index (χ1n) is 5.76. The molecule has 0 aliphatic carbocycles. The summed E-state index contributed by atoms with van der Waals surface area (Å²) in [5, 5.41) is 9.87. The number of ether oxygens (including phenoxy) is 2. The van der Waals surface area contributed by atoms with Gasteiger partial charge >= 0.3 is 5.69 Å². The second-order valence-corrected chi connectivity index (χ2v) is 3.77. The fourth-order valence-corrected chi connectivity index (χ4v) is 1.82. The van der Waals surface area contributed by atoms with Crippen LogP contribution in [-0.2, 0) is 9.47 Å². The zero-order valence-corrected chi connectivity index (χ0v) is 9.20. The van der Waals surface area contributed by atoms with Gasteiger partial charge in [0, 0.05) is 20.7 Å². The number of hydrogen-bond acceptors (Lipinski definition) is 5. The van der Waals surface area contributed by atoms with Crippen molar-refractivity contribution in [3.63, 3.8) is 0 Å². The average molecular weight is 243 g/mol. The summed E-state index contributed by atoms with van der Waals surface area (Å²) in [6.07, 6.45) is -2.06. The van der Waals surface area contributed by atoms with E-state index in [1.54, 1.807) is 0 Å². The van der Waals surface area contributed by atoms with Crippen molar-refractivity contribution in [3.8, 4) is 0 Å². The number of hydrogen-bond donors (Lipinski definition) is 2. The van der Waals surface area contributed by atoms with Crippen LogP contribution in [0.3, 0.4) is 0 Å². The predicted octanol–water partition coefficient (Wildman–Crippen LogP) is -1.17. The SMILES string of the molecule is [2H]C[C@H]1O[C@@H](n2ccc(=O)[nH]c2=O)[C@@H](OC)C1O. The first-order chi connectivity index (χ1) is 8.58. The van der Waals surface area contributed by atoms with Crippen LogP contribution in [0.2, 0.25) is 0 Å². The van der Waals surface area contributed by atoms with Gasteiger partial charge in [-0.15, -0.1) is 0 Å². The summed E-state index contributed by atoms with van der Waals surface area (Å²) in [4.78, 5) is 24.7. The van der Waals surface area contributed by atoms with Crippen LogP contribution in [-0.4, -0.2) is 40.1 Å². The predicted molar refractivity (Wildman–Crippen MR) is 57.7 cm³/mol. The molecule has 0 aromatic carbocycles. The molecule has 0 radical (unpaired) electrons. The number of nitrogens with zero attached hydrogens (tertiary/aromatic N) is 1. The van der Waals surface area contributed by atoms with Gasteiger partial charge in [0.2, 0.25) is 0 Å². The molecule has 7 heteroatoms. The van der Waals surface area contributed by atoms with Crippen molar-refractivity contribution < 1.29 is 16.0 Å². The molecule has 1 aromatic rings. The van der Waals surface area contributed by atoms with E-state index in [0.717, 1.165) is 4.57 Å². The van der Waals surface area contributed by atoms with E-state index in [2.05, 4.69) is 4.98 Å². The summed E-state index contributed by atoms with van der Waals surface area (Å²) in [5.74, 6) is 0. The molecule has 1 fully saturated rings. The highest BCUT2D eigenvalue weighted by atomic mass is 16.6. The van der Waals surface area contributed by atoms with Gasteiger partial charge in [0.1, 0.15) is 12.2 Å². The Bertz CT molecular complexity index is 527. The topological polar surface area (TPSA) is 93.6 Å². The van der Waals surface area contributed by atoms with Crippen molar-refractivity contribution in [1.29, 1.82) is 0 Å². The number of aliphatic hydroxyl groups is 1. The molecule has 1 saturated heterocycles. The smallest absolute Gasteiger partial charge is 0.330 e. The van der Waals surface area contributed by atoms with E-state index in [1.807, 2.05) is 0 Å². The number of H-pyrrole nitrogens is 1. The zero-order chi connectivity index (χ0) is 13.3. The maximum atomic E-state index is 11.6. The van der Waals surface area contributed by atoms with Crippen LogP contribution in [0.15, 0.2) is 21.9 Å². The Hall–Kier alpha value is -1.44. The molecule has 17 heavy (non-hydrogen) atoms. The number of methoxy groups -OCH3 is 1. The van der Waals surface area contributed by atoms with E-state index in [1.165, 1.54) is 19.4 Å². The average Bonchev–Trinajstić information content (AvgIpc) is 2.65. The molecule has 0 amide bonds. The van der Waals surface area contributed by atoms with Crippen molar-refractivity contribution in [2.45, 2.75) is 31.4 Å². The number of rotatable bonds is 2. The van der Waals surface area contributed by atoms with Crippen LogP contribution in [0.5, 0.6) is 0 Å². The van der Waals surface area contributed by atoms with Gasteiger partial charge in [-0.25, -0.2) is 4.79 Å². The quantitative estimate of drug-likeness (QED) is 0.682. The number of aromatic nitrogens is 2. The van der Waals surface area contributed by atoms with Gasteiger partial charge in [0.05, 0.1) is 6.10 Å². The van der Waals surface area contributed by atoms with Gasteiger partial charge in [0.25, 0.3) is 5.56 Å². The lowest BCUT2D eigenvalue weighted by molar-refractivity contribution is -0.0516. The van der Waals surface area contributed by atoms with Crippen LogP contribution >= 0.6 is 0 Å². The highest BCUT2D eigenvalue weighted by molar-refractivity contribution is 4.92. The summed E-state index contributed by atoms with van der Waals surface area (Å²) in [5.41, 5.74) is -1.16. The standard InChI is InChI=1S/C10H14N2O5/c1-5-7(14)8(16-2)9(17-5)12-4-3-6(13)11-10(12)15/h3-5,7-9,14H,1-2H3,(H,11,13,15)/t5-,7?,8+,9-/m1/s1/i1D. The first kappa shape index (κ1) is 10.7. The van der Waals surface area contributed by atoms with Crippen molar-refractivity contribution in [2.24, 2.45) is 0 Å². The highest BCUT2D eigenvalue weighted by Crippen LogP contribution is 2.29. The monoisotopic (exact) mass is 243 g/mol. The fourth-order valence-electron chi connectivity index (χ4n) is 1.82. The lowest BCUT2D eigenvalue weighted by atomic mass is 10.1. The molecule has 1 unspecified atom stereocenters. The molecule has 7 nitrogen and oxygen atoms in total. The lowest BCUT2D eigenvalue weighted by Gasteiger charge is -2.20. The maximum absolute atomic E-state index is 11.6. The van der Waals surface area contributed by atoms with Crippen LogP contribution in [0.1, 0.15) is 14.5 Å². The Kier molecular flexibility index (Phi) is 2.79. The third kappa shape index (κ3) is 2.04. The molecule has 94 valence electrons. The van der Waals surface area contributed by atoms with Gasteiger partial charge in [-0.3, -0.25) is 14.3 Å². The Labute approximate surface area is 98.0 Å². The molecule has 2 N–H and O–H groups in total. The summed E-state index contributed by atoms with van der Waals surface area (Å²) in [6, 6.07) is 1.18. The second-order valence-electron chi connectivity index (χ2n) is 3.77. The van der Waals surface area contributed by atoms with Gasteiger partial charge in [-0.1, -0.05) is 0 Å². The molecular weight excluding hydrogens is 228 g/mol.